The summed E-state index contributed by atoms with van der Waals surface area (Å²) in [6, 6.07) is 14.2. The third-order valence-electron chi connectivity index (χ3n) is 3.44. The molecule has 0 amide bonds. The number of nitrogens with zero attached hydrogens (tertiary/aromatic N) is 2. The van der Waals surface area contributed by atoms with E-state index in [0.717, 1.165) is 20.1 Å². The Morgan fingerprint density at radius 2 is 1.85 bits per heavy atom. The zero-order valence-electron chi connectivity index (χ0n) is 14.5. The summed E-state index contributed by atoms with van der Waals surface area (Å²) in [6.07, 6.45) is 0. The standard InChI is InChI=1S/C17H19BrN4O2S2/c1-12(13-6-4-7-14(18)10-13)20-21-17(25)19-15-8-5-9-16(11-15)26(23,24)22(2)3/h4-11H,1-3H3,(H2,19,21,25). The molecule has 0 aliphatic carbocycles. The minimum Gasteiger partial charge on any atom is -0.331 e. The number of thiocarbonyl (C=S) groups is 1. The minimum atomic E-state index is -3.50. The molecule has 2 aromatic carbocycles. The summed E-state index contributed by atoms with van der Waals surface area (Å²) in [5, 5.41) is 7.44. The second kappa shape index (κ2) is 8.72. The highest BCUT2D eigenvalue weighted by Crippen LogP contribution is 2.18. The van der Waals surface area contributed by atoms with Crippen molar-refractivity contribution in [2.45, 2.75) is 11.8 Å². The number of rotatable bonds is 5. The lowest BCUT2D eigenvalue weighted by Gasteiger charge is -2.13. The van der Waals surface area contributed by atoms with Gasteiger partial charge in [0.2, 0.25) is 10.0 Å². The van der Waals surface area contributed by atoms with E-state index in [1.165, 1.54) is 26.2 Å². The highest BCUT2D eigenvalue weighted by molar-refractivity contribution is 9.10. The van der Waals surface area contributed by atoms with Crippen molar-refractivity contribution < 1.29 is 8.42 Å². The van der Waals surface area contributed by atoms with Gasteiger partial charge < -0.3 is 5.32 Å². The molecule has 0 aromatic heterocycles. The Labute approximate surface area is 167 Å². The number of anilines is 1. The number of hydrazone groups is 1. The van der Waals surface area contributed by atoms with Crippen molar-refractivity contribution in [3.63, 3.8) is 0 Å². The van der Waals surface area contributed by atoms with Gasteiger partial charge in [0.15, 0.2) is 5.11 Å². The van der Waals surface area contributed by atoms with Gasteiger partial charge in [0.05, 0.1) is 10.6 Å². The first-order valence-corrected chi connectivity index (χ1v) is 10.2. The fraction of sp³-hybridized carbons (Fsp3) is 0.176. The molecule has 0 bridgehead atoms. The van der Waals surface area contributed by atoms with Crippen LogP contribution in [0.25, 0.3) is 0 Å². The van der Waals surface area contributed by atoms with Crippen LogP contribution in [0.2, 0.25) is 0 Å². The van der Waals surface area contributed by atoms with E-state index in [1.807, 2.05) is 31.2 Å². The smallest absolute Gasteiger partial charge is 0.242 e. The molecule has 6 nitrogen and oxygen atoms in total. The minimum absolute atomic E-state index is 0.184. The molecule has 0 heterocycles. The number of halogens is 1. The summed E-state index contributed by atoms with van der Waals surface area (Å²) in [7, 11) is -0.529. The molecule has 0 unspecified atom stereocenters. The molecule has 26 heavy (non-hydrogen) atoms. The highest BCUT2D eigenvalue weighted by atomic mass is 79.9. The first kappa shape index (κ1) is 20.5. The zero-order valence-corrected chi connectivity index (χ0v) is 17.7. The van der Waals surface area contributed by atoms with Crippen LogP contribution < -0.4 is 10.7 Å². The number of nitrogens with one attached hydrogen (secondary N) is 2. The second-order valence-corrected chi connectivity index (χ2v) is 9.06. The van der Waals surface area contributed by atoms with E-state index < -0.39 is 10.0 Å². The van der Waals surface area contributed by atoms with Crippen molar-refractivity contribution >= 4 is 54.7 Å². The molecule has 0 aliphatic rings. The predicted octanol–water partition coefficient (Wildman–Crippen LogP) is 3.41. The van der Waals surface area contributed by atoms with Gasteiger partial charge in [0.25, 0.3) is 0 Å². The van der Waals surface area contributed by atoms with E-state index >= 15 is 0 Å². The van der Waals surface area contributed by atoms with Crippen molar-refractivity contribution in [1.29, 1.82) is 0 Å². The number of sulfonamides is 1. The van der Waals surface area contributed by atoms with Crippen molar-refractivity contribution in [2.75, 3.05) is 19.4 Å². The van der Waals surface area contributed by atoms with E-state index in [-0.39, 0.29) is 10.0 Å². The van der Waals surface area contributed by atoms with E-state index in [0.29, 0.717) is 5.69 Å². The van der Waals surface area contributed by atoms with Crippen LogP contribution in [-0.4, -0.2) is 37.6 Å². The molecule has 9 heteroatoms. The summed E-state index contributed by atoms with van der Waals surface area (Å²) >= 11 is 8.64. The van der Waals surface area contributed by atoms with Gasteiger partial charge in [-0.25, -0.2) is 12.7 Å². The van der Waals surface area contributed by atoms with Gasteiger partial charge in [-0.15, -0.1) is 0 Å². The normalized spacial score (nSPS) is 12.1. The molecule has 0 radical (unpaired) electrons. The lowest BCUT2D eigenvalue weighted by molar-refractivity contribution is 0.521. The van der Waals surface area contributed by atoms with Crippen LogP contribution in [0.5, 0.6) is 0 Å². The Morgan fingerprint density at radius 3 is 2.50 bits per heavy atom. The largest absolute Gasteiger partial charge is 0.331 e. The van der Waals surface area contributed by atoms with Gasteiger partial charge in [-0.1, -0.05) is 34.1 Å². The van der Waals surface area contributed by atoms with E-state index in [1.54, 1.807) is 12.1 Å². The average Bonchev–Trinajstić information content (AvgIpc) is 2.59. The Hall–Kier alpha value is -1.81. The van der Waals surface area contributed by atoms with Crippen LogP contribution in [0.15, 0.2) is 63.0 Å². The Balaban J connectivity index is 2.08. The summed E-state index contributed by atoms with van der Waals surface area (Å²) < 4.78 is 26.5. The summed E-state index contributed by atoms with van der Waals surface area (Å²) in [6.45, 7) is 1.86. The van der Waals surface area contributed by atoms with Crippen molar-refractivity contribution in [2.24, 2.45) is 5.10 Å². The lowest BCUT2D eigenvalue weighted by atomic mass is 10.1. The number of benzene rings is 2. The van der Waals surface area contributed by atoms with Gasteiger partial charge >= 0.3 is 0 Å². The molecule has 2 rings (SSSR count). The molecule has 0 aliphatic heterocycles. The SMILES string of the molecule is CC(=NNC(=S)Nc1cccc(S(=O)(=O)N(C)C)c1)c1cccc(Br)c1. The van der Waals surface area contributed by atoms with Crippen LogP contribution >= 0.6 is 28.1 Å². The Bertz CT molecular complexity index is 943. The monoisotopic (exact) mass is 454 g/mol. The van der Waals surface area contributed by atoms with Crippen LogP contribution in [-0.2, 0) is 10.0 Å². The quantitative estimate of drug-likeness (QED) is 0.411. The first-order chi connectivity index (χ1) is 12.2. The van der Waals surface area contributed by atoms with Crippen LogP contribution in [0.3, 0.4) is 0 Å². The second-order valence-electron chi connectivity index (χ2n) is 5.59. The van der Waals surface area contributed by atoms with Crippen LogP contribution in [0, 0.1) is 0 Å². The fourth-order valence-corrected chi connectivity index (χ4v) is 3.53. The number of hydrogen-bond acceptors (Lipinski definition) is 4. The van der Waals surface area contributed by atoms with E-state index in [2.05, 4.69) is 31.8 Å². The molecular weight excluding hydrogens is 436 g/mol. The molecule has 0 fully saturated rings. The van der Waals surface area contributed by atoms with E-state index in [9.17, 15) is 8.42 Å². The first-order valence-electron chi connectivity index (χ1n) is 7.60. The van der Waals surface area contributed by atoms with Gasteiger partial charge in [-0.3, -0.25) is 5.43 Å². The van der Waals surface area contributed by atoms with Crippen molar-refractivity contribution in [3.8, 4) is 0 Å². The Kier molecular flexibility index (Phi) is 6.87. The van der Waals surface area contributed by atoms with Crippen molar-refractivity contribution in [1.82, 2.24) is 9.73 Å². The maximum absolute atomic E-state index is 12.2. The number of hydrogen-bond donors (Lipinski definition) is 2. The maximum atomic E-state index is 12.2. The molecule has 0 spiro atoms. The predicted molar refractivity (Wildman–Crippen MR) is 113 cm³/mol. The molecule has 0 saturated heterocycles. The highest BCUT2D eigenvalue weighted by Gasteiger charge is 2.17. The summed E-state index contributed by atoms with van der Waals surface area (Å²) in [5.41, 5.74) is 5.04. The van der Waals surface area contributed by atoms with Gasteiger partial charge in [-0.05, 0) is 55.0 Å². The third kappa shape index (κ3) is 5.34. The molecule has 0 saturated carbocycles. The van der Waals surface area contributed by atoms with Gasteiger partial charge in [-0.2, -0.15) is 5.10 Å². The maximum Gasteiger partial charge on any atom is 0.242 e. The topological polar surface area (TPSA) is 73.8 Å². The Morgan fingerprint density at radius 1 is 1.15 bits per heavy atom. The van der Waals surface area contributed by atoms with Gasteiger partial charge in [0.1, 0.15) is 0 Å². The molecule has 0 atom stereocenters. The molecular formula is C17H19BrN4O2S2. The summed E-state index contributed by atoms with van der Waals surface area (Å²) in [4.78, 5) is 0.184. The lowest BCUT2D eigenvalue weighted by Crippen LogP contribution is -2.25. The van der Waals surface area contributed by atoms with Crippen LogP contribution in [0.4, 0.5) is 5.69 Å². The summed E-state index contributed by atoms with van der Waals surface area (Å²) in [5.74, 6) is 0. The molecule has 2 aromatic rings. The van der Waals surface area contributed by atoms with E-state index in [4.69, 9.17) is 12.2 Å². The molecule has 138 valence electrons. The van der Waals surface area contributed by atoms with Gasteiger partial charge in [0, 0.05) is 24.3 Å². The molecule has 2 N–H and O–H groups in total. The zero-order chi connectivity index (χ0) is 19.3. The fourth-order valence-electron chi connectivity index (χ4n) is 2.02. The van der Waals surface area contributed by atoms with Crippen LogP contribution in [0.1, 0.15) is 12.5 Å². The van der Waals surface area contributed by atoms with Crippen molar-refractivity contribution in [3.05, 3.63) is 58.6 Å². The average molecular weight is 455 g/mol. The third-order valence-corrected chi connectivity index (χ3v) is 5.94.